The van der Waals surface area contributed by atoms with Gasteiger partial charge in [-0.15, -0.1) is 11.7 Å². The van der Waals surface area contributed by atoms with Crippen molar-refractivity contribution in [3.8, 4) is 0 Å². The van der Waals surface area contributed by atoms with Crippen LogP contribution in [0.1, 0.15) is 37.4 Å². The van der Waals surface area contributed by atoms with Crippen molar-refractivity contribution in [1.29, 1.82) is 0 Å². The minimum atomic E-state index is -1.77. The molecule has 2 amide bonds. The minimum Gasteiger partial charge on any atom is -0.396 e. The summed E-state index contributed by atoms with van der Waals surface area (Å²) >= 11 is 0. The second kappa shape index (κ2) is 11.8. The topological polar surface area (TPSA) is 133 Å². The number of carbonyl (C=O) groups excluding carboxylic acids is 2. The van der Waals surface area contributed by atoms with Gasteiger partial charge in [-0.05, 0) is 44.0 Å². The van der Waals surface area contributed by atoms with Gasteiger partial charge in [-0.3, -0.25) is 14.3 Å². The Kier molecular flexibility index (Phi) is 8.52. The molecule has 2 aliphatic rings. The molecule has 0 radical (unpaired) electrons. The van der Waals surface area contributed by atoms with Gasteiger partial charge in [-0.25, -0.2) is 0 Å². The number of aromatic nitrogens is 3. The van der Waals surface area contributed by atoms with Gasteiger partial charge in [0.2, 0.25) is 5.91 Å². The first-order chi connectivity index (χ1) is 17.9. The predicted octanol–water partition coefficient (Wildman–Crippen LogP) is 1.75. The summed E-state index contributed by atoms with van der Waals surface area (Å²) in [5, 5.41) is 35.1. The van der Waals surface area contributed by atoms with E-state index in [-0.39, 0.29) is 25.0 Å². The van der Waals surface area contributed by atoms with Crippen molar-refractivity contribution in [3.05, 3.63) is 60.5 Å². The molecule has 37 heavy (non-hydrogen) atoms. The van der Waals surface area contributed by atoms with E-state index in [0.29, 0.717) is 42.9 Å². The Labute approximate surface area is 217 Å². The van der Waals surface area contributed by atoms with Crippen LogP contribution >= 0.6 is 0 Å². The van der Waals surface area contributed by atoms with Crippen molar-refractivity contribution in [2.45, 2.75) is 44.8 Å². The molecule has 4 N–H and O–H groups in total. The maximum Gasteiger partial charge on any atom is 0.264 e. The first-order valence-corrected chi connectivity index (χ1v) is 12.9. The fourth-order valence-electron chi connectivity index (χ4n) is 4.98. The molecule has 1 aromatic carbocycles. The molecule has 10 nitrogen and oxygen atoms in total. The van der Waals surface area contributed by atoms with E-state index in [1.807, 2.05) is 19.1 Å². The van der Waals surface area contributed by atoms with Crippen LogP contribution in [0, 0.1) is 11.8 Å². The number of aryl methyl sites for hydroxylation is 1. The Balaban J connectivity index is 1.51. The minimum absolute atomic E-state index is 0.0241. The predicted molar refractivity (Wildman–Crippen MR) is 141 cm³/mol. The molecule has 198 valence electrons. The smallest absolute Gasteiger partial charge is 0.264 e. The van der Waals surface area contributed by atoms with Gasteiger partial charge in [0, 0.05) is 56.0 Å². The lowest BCUT2D eigenvalue weighted by atomic mass is 9.82. The number of nitrogens with one attached hydrogen (secondary N) is 2. The molecule has 3 heterocycles. The van der Waals surface area contributed by atoms with E-state index in [9.17, 15) is 14.7 Å². The monoisotopic (exact) mass is 508 g/mol. The third kappa shape index (κ3) is 5.66. The van der Waals surface area contributed by atoms with Crippen LogP contribution in [0.25, 0.3) is 0 Å². The van der Waals surface area contributed by atoms with Crippen LogP contribution < -0.4 is 15.5 Å². The van der Waals surface area contributed by atoms with Gasteiger partial charge in [-0.1, -0.05) is 30.4 Å². The third-order valence-corrected chi connectivity index (χ3v) is 7.08. The van der Waals surface area contributed by atoms with E-state index in [2.05, 4.69) is 27.5 Å². The number of hydrogen-bond donors (Lipinski definition) is 4. The Morgan fingerprint density at radius 3 is 3.00 bits per heavy atom. The van der Waals surface area contributed by atoms with Crippen LogP contribution in [0.15, 0.2) is 49.2 Å². The molecule has 0 bridgehead atoms. The fraction of sp³-hybridized carbons (Fsp3) is 0.481. The normalized spacial score (nSPS) is 22.3. The number of nitrogens with zero attached hydrogens (tertiary/aromatic N) is 4. The highest BCUT2D eigenvalue weighted by Crippen LogP contribution is 2.46. The summed E-state index contributed by atoms with van der Waals surface area (Å²) in [6, 6.07) is 5.26. The molecule has 4 rings (SSSR count). The lowest BCUT2D eigenvalue weighted by Gasteiger charge is -2.27. The number of carbonyl (C=O) groups is 2. The molecule has 3 atom stereocenters. The van der Waals surface area contributed by atoms with E-state index < -0.39 is 17.4 Å². The zero-order chi connectivity index (χ0) is 26.4. The summed E-state index contributed by atoms with van der Waals surface area (Å²) in [4.78, 5) is 27.8. The standard InChI is InChI=1S/C27H36N6O4/c1-3-13-33-24-10-9-21(29-25(35)20-8-6-12-28-17-20)16-23(24)27(37,26(33)36)19(2)7-4-5-14-32-18-22(11-15-34)30-31-32/h3-4,7,9-10,16,18-20,28,34,37H,1,5-6,8,11-15,17H2,2H3,(H,29,35)/b7-4+/t19-,20?,27+/m1/s1. The Hall–Kier alpha value is -3.34. The first kappa shape index (κ1) is 26.7. The SMILES string of the molecule is C=CCN1C(=O)[C@](O)([C@H](C)/C=C/CCn2cc(CCO)nn2)c2cc(NC(=O)C3CCCNC3)ccc21. The molecule has 1 saturated heterocycles. The zero-order valence-corrected chi connectivity index (χ0v) is 21.3. The largest absolute Gasteiger partial charge is 0.396 e. The number of allylic oxidation sites excluding steroid dienone is 1. The summed E-state index contributed by atoms with van der Waals surface area (Å²) in [6.07, 6.45) is 10.1. The van der Waals surface area contributed by atoms with Crippen molar-refractivity contribution < 1.29 is 19.8 Å². The van der Waals surface area contributed by atoms with E-state index in [4.69, 9.17) is 5.11 Å². The molecule has 2 aliphatic heterocycles. The van der Waals surface area contributed by atoms with Gasteiger partial charge >= 0.3 is 0 Å². The maximum absolute atomic E-state index is 13.5. The molecule has 10 heteroatoms. The van der Waals surface area contributed by atoms with Crippen molar-refractivity contribution in [3.63, 3.8) is 0 Å². The number of anilines is 2. The Morgan fingerprint density at radius 1 is 1.43 bits per heavy atom. The van der Waals surface area contributed by atoms with Crippen LogP contribution in [-0.2, 0) is 28.2 Å². The highest BCUT2D eigenvalue weighted by atomic mass is 16.3. The first-order valence-electron chi connectivity index (χ1n) is 12.9. The number of benzene rings is 1. The van der Waals surface area contributed by atoms with Crippen molar-refractivity contribution >= 4 is 23.2 Å². The molecule has 1 fully saturated rings. The van der Waals surface area contributed by atoms with Crippen molar-refractivity contribution in [2.75, 3.05) is 36.5 Å². The number of piperidine rings is 1. The van der Waals surface area contributed by atoms with Crippen LogP contribution in [0.5, 0.6) is 0 Å². The van der Waals surface area contributed by atoms with E-state index in [0.717, 1.165) is 25.1 Å². The number of aliphatic hydroxyl groups excluding tert-OH is 1. The van der Waals surface area contributed by atoms with E-state index in [1.54, 1.807) is 35.2 Å². The van der Waals surface area contributed by atoms with Crippen LogP contribution in [0.3, 0.4) is 0 Å². The van der Waals surface area contributed by atoms with Crippen LogP contribution in [0.2, 0.25) is 0 Å². The number of fused-ring (bicyclic) bond motifs is 1. The van der Waals surface area contributed by atoms with Crippen molar-refractivity contribution in [2.24, 2.45) is 11.8 Å². The quantitative estimate of drug-likeness (QED) is 0.340. The molecular formula is C27H36N6O4. The van der Waals surface area contributed by atoms with Gasteiger partial charge in [0.1, 0.15) is 0 Å². The van der Waals surface area contributed by atoms with Gasteiger partial charge in [0.15, 0.2) is 5.60 Å². The van der Waals surface area contributed by atoms with Gasteiger partial charge in [0.05, 0.1) is 17.3 Å². The molecule has 2 aromatic rings. The molecule has 0 spiro atoms. The van der Waals surface area contributed by atoms with E-state index in [1.165, 1.54) is 4.90 Å². The second-order valence-electron chi connectivity index (χ2n) is 9.69. The maximum atomic E-state index is 13.5. The highest BCUT2D eigenvalue weighted by Gasteiger charge is 2.52. The van der Waals surface area contributed by atoms with Crippen molar-refractivity contribution in [1.82, 2.24) is 20.3 Å². The average molecular weight is 509 g/mol. The zero-order valence-electron chi connectivity index (χ0n) is 21.3. The Bertz CT molecular complexity index is 1160. The van der Waals surface area contributed by atoms with Gasteiger partial charge in [-0.2, -0.15) is 0 Å². The van der Waals surface area contributed by atoms with Crippen LogP contribution in [-0.4, -0.2) is 63.3 Å². The summed E-state index contributed by atoms with van der Waals surface area (Å²) < 4.78 is 1.70. The molecule has 0 saturated carbocycles. The lowest BCUT2D eigenvalue weighted by molar-refractivity contribution is -0.139. The molecule has 1 unspecified atom stereocenters. The highest BCUT2D eigenvalue weighted by molar-refractivity contribution is 6.08. The molecule has 0 aliphatic carbocycles. The molecule has 1 aromatic heterocycles. The molecular weight excluding hydrogens is 472 g/mol. The fourth-order valence-corrected chi connectivity index (χ4v) is 4.98. The number of amides is 2. The summed E-state index contributed by atoms with van der Waals surface area (Å²) in [5.74, 6) is -1.11. The number of aliphatic hydroxyl groups is 2. The number of hydrogen-bond acceptors (Lipinski definition) is 7. The summed E-state index contributed by atoms with van der Waals surface area (Å²) in [7, 11) is 0. The van der Waals surface area contributed by atoms with E-state index >= 15 is 0 Å². The summed E-state index contributed by atoms with van der Waals surface area (Å²) in [6.45, 7) is 8.01. The van der Waals surface area contributed by atoms with Crippen LogP contribution in [0.4, 0.5) is 11.4 Å². The number of rotatable bonds is 11. The third-order valence-electron chi connectivity index (χ3n) is 7.08. The van der Waals surface area contributed by atoms with Gasteiger partial charge in [0.25, 0.3) is 5.91 Å². The lowest BCUT2D eigenvalue weighted by Crippen LogP contribution is -2.44. The summed E-state index contributed by atoms with van der Waals surface area (Å²) in [5.41, 5.74) is 0.600. The second-order valence-corrected chi connectivity index (χ2v) is 9.69. The average Bonchev–Trinajstić information content (AvgIpc) is 3.44. The Morgan fingerprint density at radius 2 is 2.27 bits per heavy atom. The van der Waals surface area contributed by atoms with Gasteiger partial charge < -0.3 is 25.7 Å².